The van der Waals surface area contributed by atoms with E-state index in [1.165, 1.54) is 0 Å². The van der Waals surface area contributed by atoms with Crippen molar-refractivity contribution in [3.05, 3.63) is 35.9 Å². The molecule has 0 bridgehead atoms. The lowest BCUT2D eigenvalue weighted by atomic mass is 10.2. The summed E-state index contributed by atoms with van der Waals surface area (Å²) >= 11 is 3.20. The van der Waals surface area contributed by atoms with Crippen molar-refractivity contribution in [1.29, 1.82) is 0 Å². The van der Waals surface area contributed by atoms with Crippen molar-refractivity contribution in [3.63, 3.8) is 0 Å². The SMILES string of the molecule is CC(CN(C(=O)CBr)C1CC1)NC(=O)OCc1ccccc1. The molecular formula is C16H21BrN2O3. The number of alkyl carbamates (subject to hydrolysis) is 1. The van der Waals surface area contributed by atoms with E-state index in [2.05, 4.69) is 21.2 Å². The molecule has 0 saturated heterocycles. The van der Waals surface area contributed by atoms with E-state index >= 15 is 0 Å². The third-order valence-electron chi connectivity index (χ3n) is 3.47. The average molecular weight is 369 g/mol. The Labute approximate surface area is 139 Å². The van der Waals surface area contributed by atoms with Crippen molar-refractivity contribution in [2.24, 2.45) is 0 Å². The summed E-state index contributed by atoms with van der Waals surface area (Å²) in [5, 5.41) is 3.09. The molecule has 1 aliphatic carbocycles. The van der Waals surface area contributed by atoms with E-state index in [1.54, 1.807) is 0 Å². The Morgan fingerprint density at radius 2 is 2.05 bits per heavy atom. The molecule has 2 amide bonds. The first-order chi connectivity index (χ1) is 10.6. The fourth-order valence-electron chi connectivity index (χ4n) is 2.22. The number of carbonyl (C=O) groups excluding carboxylic acids is 2. The summed E-state index contributed by atoms with van der Waals surface area (Å²) in [6.07, 6.45) is 1.63. The molecule has 1 unspecified atom stereocenters. The van der Waals surface area contributed by atoms with Crippen molar-refractivity contribution in [1.82, 2.24) is 10.2 Å². The number of hydrogen-bond donors (Lipinski definition) is 1. The van der Waals surface area contributed by atoms with E-state index in [0.29, 0.717) is 17.9 Å². The lowest BCUT2D eigenvalue weighted by Gasteiger charge is -2.25. The second-order valence-electron chi connectivity index (χ2n) is 5.52. The molecule has 6 heteroatoms. The van der Waals surface area contributed by atoms with Gasteiger partial charge in [-0.3, -0.25) is 4.79 Å². The highest BCUT2D eigenvalue weighted by atomic mass is 79.9. The molecule has 1 atom stereocenters. The number of benzene rings is 1. The molecule has 0 aliphatic heterocycles. The second kappa shape index (κ2) is 8.17. The van der Waals surface area contributed by atoms with Gasteiger partial charge in [0.2, 0.25) is 5.91 Å². The second-order valence-corrected chi connectivity index (χ2v) is 6.08. The van der Waals surface area contributed by atoms with E-state index in [4.69, 9.17) is 4.74 Å². The standard InChI is InChI=1S/C16H21BrN2O3/c1-12(10-19(14-7-8-14)15(20)9-17)18-16(21)22-11-13-5-3-2-4-6-13/h2-6,12,14H,7-11H2,1H3,(H,18,21). The first kappa shape index (κ1) is 16.8. The third-order valence-corrected chi connectivity index (χ3v) is 3.95. The number of ether oxygens (including phenoxy) is 1. The van der Waals surface area contributed by atoms with Crippen LogP contribution in [0.15, 0.2) is 30.3 Å². The summed E-state index contributed by atoms with van der Waals surface area (Å²) in [4.78, 5) is 25.5. The number of nitrogens with zero attached hydrogens (tertiary/aromatic N) is 1. The van der Waals surface area contributed by atoms with Crippen LogP contribution in [-0.4, -0.2) is 40.9 Å². The number of carbonyl (C=O) groups is 2. The highest BCUT2D eigenvalue weighted by molar-refractivity contribution is 9.09. The maximum absolute atomic E-state index is 11.9. The van der Waals surface area contributed by atoms with Crippen molar-refractivity contribution >= 4 is 27.9 Å². The number of hydrogen-bond acceptors (Lipinski definition) is 3. The zero-order valence-electron chi connectivity index (χ0n) is 12.6. The fourth-order valence-corrected chi connectivity index (χ4v) is 2.55. The molecule has 1 aromatic rings. The summed E-state index contributed by atoms with van der Waals surface area (Å²) < 4.78 is 5.18. The Morgan fingerprint density at radius 1 is 1.36 bits per heavy atom. The van der Waals surface area contributed by atoms with E-state index < -0.39 is 6.09 Å². The summed E-state index contributed by atoms with van der Waals surface area (Å²) in [6, 6.07) is 9.71. The summed E-state index contributed by atoms with van der Waals surface area (Å²) in [6.45, 7) is 2.63. The minimum Gasteiger partial charge on any atom is -0.445 e. The Balaban J connectivity index is 1.74. The van der Waals surface area contributed by atoms with Crippen LogP contribution in [-0.2, 0) is 16.1 Å². The van der Waals surface area contributed by atoms with Crippen LogP contribution in [0.25, 0.3) is 0 Å². The van der Waals surface area contributed by atoms with Crippen LogP contribution in [0.2, 0.25) is 0 Å². The summed E-state index contributed by atoms with van der Waals surface area (Å²) in [5.74, 6) is 0.0637. The number of amides is 2. The number of halogens is 1. The molecule has 1 saturated carbocycles. The van der Waals surface area contributed by atoms with Crippen molar-refractivity contribution < 1.29 is 14.3 Å². The van der Waals surface area contributed by atoms with Gasteiger partial charge in [-0.15, -0.1) is 0 Å². The zero-order chi connectivity index (χ0) is 15.9. The molecule has 0 heterocycles. The van der Waals surface area contributed by atoms with Crippen LogP contribution in [0, 0.1) is 0 Å². The van der Waals surface area contributed by atoms with Crippen molar-refractivity contribution in [2.75, 3.05) is 11.9 Å². The van der Waals surface area contributed by atoms with Gasteiger partial charge in [0.1, 0.15) is 6.61 Å². The third kappa shape index (κ3) is 5.33. The van der Waals surface area contributed by atoms with Gasteiger partial charge >= 0.3 is 6.09 Å². The first-order valence-electron chi connectivity index (χ1n) is 7.42. The number of rotatable bonds is 7. The predicted molar refractivity (Wildman–Crippen MR) is 87.8 cm³/mol. The van der Waals surface area contributed by atoms with Gasteiger partial charge in [0.05, 0.1) is 5.33 Å². The number of alkyl halides is 1. The van der Waals surface area contributed by atoms with E-state index in [1.807, 2.05) is 42.2 Å². The Kier molecular flexibility index (Phi) is 6.24. The van der Waals surface area contributed by atoms with Gasteiger partial charge in [-0.1, -0.05) is 46.3 Å². The molecule has 120 valence electrons. The van der Waals surface area contributed by atoms with E-state index in [9.17, 15) is 9.59 Å². The molecule has 1 aliphatic rings. The highest BCUT2D eigenvalue weighted by Gasteiger charge is 2.32. The van der Waals surface area contributed by atoms with Gasteiger partial charge in [-0.25, -0.2) is 4.79 Å². The summed E-state index contributed by atoms with van der Waals surface area (Å²) in [5.41, 5.74) is 0.944. The van der Waals surface area contributed by atoms with Crippen LogP contribution in [0.4, 0.5) is 4.79 Å². The molecule has 2 rings (SSSR count). The van der Waals surface area contributed by atoms with Gasteiger partial charge in [0, 0.05) is 18.6 Å². The normalized spacial score (nSPS) is 15.0. The van der Waals surface area contributed by atoms with Gasteiger partial charge in [0.15, 0.2) is 0 Å². The average Bonchev–Trinajstić information content (AvgIpc) is 3.35. The monoisotopic (exact) mass is 368 g/mol. The van der Waals surface area contributed by atoms with Crippen molar-refractivity contribution in [2.45, 2.75) is 38.5 Å². The van der Waals surface area contributed by atoms with Crippen LogP contribution in [0.5, 0.6) is 0 Å². The smallest absolute Gasteiger partial charge is 0.407 e. The minimum atomic E-state index is -0.460. The van der Waals surface area contributed by atoms with E-state index in [0.717, 1.165) is 18.4 Å². The predicted octanol–water partition coefficient (Wildman–Crippen LogP) is 2.69. The molecule has 1 aromatic carbocycles. The van der Waals surface area contributed by atoms with Crippen LogP contribution < -0.4 is 5.32 Å². The molecule has 1 N–H and O–H groups in total. The Morgan fingerprint density at radius 3 is 2.64 bits per heavy atom. The highest BCUT2D eigenvalue weighted by Crippen LogP contribution is 2.27. The lowest BCUT2D eigenvalue weighted by Crippen LogP contribution is -2.45. The Hall–Kier alpha value is -1.56. The maximum Gasteiger partial charge on any atom is 0.407 e. The Bertz CT molecular complexity index is 505. The largest absolute Gasteiger partial charge is 0.445 e. The molecule has 0 spiro atoms. The molecule has 5 nitrogen and oxygen atoms in total. The zero-order valence-corrected chi connectivity index (χ0v) is 14.2. The maximum atomic E-state index is 11.9. The van der Waals surface area contributed by atoms with Gasteiger partial charge in [-0.2, -0.15) is 0 Å². The lowest BCUT2D eigenvalue weighted by molar-refractivity contribution is -0.129. The molecular weight excluding hydrogens is 348 g/mol. The molecule has 0 aromatic heterocycles. The minimum absolute atomic E-state index is 0.0637. The first-order valence-corrected chi connectivity index (χ1v) is 8.55. The van der Waals surface area contributed by atoms with Gasteiger partial charge in [0.25, 0.3) is 0 Å². The van der Waals surface area contributed by atoms with Gasteiger partial charge in [-0.05, 0) is 25.3 Å². The van der Waals surface area contributed by atoms with Crippen LogP contribution >= 0.6 is 15.9 Å². The number of nitrogens with one attached hydrogen (secondary N) is 1. The fraction of sp³-hybridized carbons (Fsp3) is 0.500. The topological polar surface area (TPSA) is 58.6 Å². The van der Waals surface area contributed by atoms with E-state index in [-0.39, 0.29) is 18.6 Å². The van der Waals surface area contributed by atoms with Crippen LogP contribution in [0.1, 0.15) is 25.3 Å². The quantitative estimate of drug-likeness (QED) is 0.752. The summed E-state index contributed by atoms with van der Waals surface area (Å²) in [7, 11) is 0. The van der Waals surface area contributed by atoms with Gasteiger partial charge < -0.3 is 15.0 Å². The van der Waals surface area contributed by atoms with Crippen molar-refractivity contribution in [3.8, 4) is 0 Å². The molecule has 0 radical (unpaired) electrons. The molecule has 22 heavy (non-hydrogen) atoms. The molecule has 1 fully saturated rings. The van der Waals surface area contributed by atoms with Crippen LogP contribution in [0.3, 0.4) is 0 Å².